The van der Waals surface area contributed by atoms with Gasteiger partial charge in [-0.2, -0.15) is 0 Å². The summed E-state index contributed by atoms with van der Waals surface area (Å²) in [4.78, 5) is 16.6. The van der Waals surface area contributed by atoms with Gasteiger partial charge in [-0.1, -0.05) is 30.3 Å². The van der Waals surface area contributed by atoms with Crippen molar-refractivity contribution >= 4 is 17.2 Å². The molecule has 2 aromatic rings. The number of nitrogens with zero attached hydrogens (tertiary/aromatic N) is 1. The summed E-state index contributed by atoms with van der Waals surface area (Å²) in [6.07, 6.45) is 5.60. The molecule has 0 saturated heterocycles. The van der Waals surface area contributed by atoms with Gasteiger partial charge >= 0.3 is 0 Å². The SMILES string of the molecule is O=C(C1CCCc2ccccc21)N(Cc1cccs1)C1CC1. The molecule has 1 saturated carbocycles. The first-order chi connectivity index (χ1) is 10.8. The van der Waals surface area contributed by atoms with Crippen molar-refractivity contribution in [3.63, 3.8) is 0 Å². The number of hydrogen-bond donors (Lipinski definition) is 0. The van der Waals surface area contributed by atoms with Gasteiger partial charge in [0.05, 0.1) is 12.5 Å². The molecule has 0 spiro atoms. The molecule has 1 atom stereocenters. The fourth-order valence-corrected chi connectivity index (χ4v) is 4.26. The molecule has 2 aliphatic rings. The lowest BCUT2D eigenvalue weighted by Gasteiger charge is -2.31. The van der Waals surface area contributed by atoms with Crippen LogP contribution in [-0.4, -0.2) is 16.8 Å². The summed E-state index contributed by atoms with van der Waals surface area (Å²) in [5.41, 5.74) is 2.65. The van der Waals surface area contributed by atoms with Gasteiger partial charge < -0.3 is 4.90 Å². The highest BCUT2D eigenvalue weighted by Crippen LogP contribution is 2.37. The number of fused-ring (bicyclic) bond motifs is 1. The van der Waals surface area contributed by atoms with Gasteiger partial charge in [0.2, 0.25) is 5.91 Å². The molecule has 3 heteroatoms. The van der Waals surface area contributed by atoms with Crippen LogP contribution < -0.4 is 0 Å². The molecular weight excluding hydrogens is 290 g/mol. The minimum Gasteiger partial charge on any atom is -0.334 e. The first-order valence-corrected chi connectivity index (χ1v) is 9.11. The van der Waals surface area contributed by atoms with Crippen LogP contribution >= 0.6 is 11.3 Å². The number of aryl methyl sites for hydroxylation is 1. The standard InChI is InChI=1S/C19H21NOS/c21-19(18-9-3-6-14-5-1-2-8-17(14)18)20(15-10-11-15)13-16-7-4-12-22-16/h1-2,4-5,7-8,12,15,18H,3,6,9-11,13H2. The van der Waals surface area contributed by atoms with Crippen molar-refractivity contribution in [1.29, 1.82) is 0 Å². The van der Waals surface area contributed by atoms with Gasteiger partial charge in [-0.3, -0.25) is 4.79 Å². The highest BCUT2D eigenvalue weighted by molar-refractivity contribution is 7.09. The molecular formula is C19H21NOS. The molecule has 1 unspecified atom stereocenters. The van der Waals surface area contributed by atoms with Crippen LogP contribution in [0.25, 0.3) is 0 Å². The third-order valence-electron chi connectivity index (χ3n) is 4.84. The van der Waals surface area contributed by atoms with Crippen LogP contribution in [0.3, 0.4) is 0 Å². The summed E-state index contributed by atoms with van der Waals surface area (Å²) in [5, 5.41) is 2.10. The Kier molecular flexibility index (Phi) is 3.75. The second-order valence-corrected chi connectivity index (χ2v) is 7.45. The van der Waals surface area contributed by atoms with Gasteiger partial charge in [-0.15, -0.1) is 11.3 Å². The Bertz CT molecular complexity index is 660. The van der Waals surface area contributed by atoms with Gasteiger partial charge in [0.15, 0.2) is 0 Å². The van der Waals surface area contributed by atoms with Gasteiger partial charge in [0.1, 0.15) is 0 Å². The summed E-state index contributed by atoms with van der Waals surface area (Å²) in [6.45, 7) is 0.792. The second kappa shape index (κ2) is 5.88. The predicted octanol–water partition coefficient (Wildman–Crippen LogP) is 4.36. The highest BCUT2D eigenvalue weighted by atomic mass is 32.1. The van der Waals surface area contributed by atoms with Crippen molar-refractivity contribution in [1.82, 2.24) is 4.90 Å². The number of carbonyl (C=O) groups is 1. The summed E-state index contributed by atoms with van der Waals surface area (Å²) < 4.78 is 0. The van der Waals surface area contributed by atoms with Crippen LogP contribution in [0.5, 0.6) is 0 Å². The Balaban J connectivity index is 1.59. The molecule has 0 N–H and O–H groups in total. The van der Waals surface area contributed by atoms with Gasteiger partial charge in [0.25, 0.3) is 0 Å². The predicted molar refractivity (Wildman–Crippen MR) is 90.0 cm³/mol. The normalized spacial score (nSPS) is 20.5. The van der Waals surface area contributed by atoms with E-state index in [1.54, 1.807) is 11.3 Å². The maximum Gasteiger partial charge on any atom is 0.230 e. The fraction of sp³-hybridized carbons (Fsp3) is 0.421. The molecule has 0 radical (unpaired) electrons. The fourth-order valence-electron chi connectivity index (χ4n) is 3.55. The van der Waals surface area contributed by atoms with Crippen molar-refractivity contribution in [2.75, 3.05) is 0 Å². The zero-order chi connectivity index (χ0) is 14.9. The lowest BCUT2D eigenvalue weighted by molar-refractivity contribution is -0.134. The van der Waals surface area contributed by atoms with Gasteiger partial charge in [-0.25, -0.2) is 0 Å². The van der Waals surface area contributed by atoms with E-state index in [2.05, 4.69) is 46.7 Å². The number of rotatable bonds is 4. The monoisotopic (exact) mass is 311 g/mol. The number of amides is 1. The molecule has 1 aromatic carbocycles. The van der Waals surface area contributed by atoms with Crippen LogP contribution in [0.1, 0.15) is 47.6 Å². The van der Waals surface area contributed by atoms with E-state index < -0.39 is 0 Å². The maximum atomic E-state index is 13.2. The van der Waals surface area contributed by atoms with Gasteiger partial charge in [-0.05, 0) is 54.7 Å². The Hall–Kier alpha value is -1.61. The zero-order valence-electron chi connectivity index (χ0n) is 12.7. The molecule has 22 heavy (non-hydrogen) atoms. The van der Waals surface area contributed by atoms with Crippen molar-refractivity contribution in [2.24, 2.45) is 0 Å². The van der Waals surface area contributed by atoms with Crippen LogP contribution in [0, 0.1) is 0 Å². The number of benzene rings is 1. The van der Waals surface area contributed by atoms with Crippen molar-refractivity contribution in [2.45, 2.75) is 50.6 Å². The quantitative estimate of drug-likeness (QED) is 0.821. The van der Waals surface area contributed by atoms with Crippen LogP contribution in [0.2, 0.25) is 0 Å². The molecule has 0 aliphatic heterocycles. The highest BCUT2D eigenvalue weighted by Gasteiger charge is 2.37. The van der Waals surface area contributed by atoms with E-state index in [0.717, 1.165) is 25.8 Å². The first-order valence-electron chi connectivity index (χ1n) is 8.23. The van der Waals surface area contributed by atoms with E-state index in [1.807, 2.05) is 0 Å². The molecule has 0 bridgehead atoms. The summed E-state index contributed by atoms with van der Waals surface area (Å²) in [5.74, 6) is 0.425. The third kappa shape index (κ3) is 2.70. The van der Waals surface area contributed by atoms with E-state index in [9.17, 15) is 4.79 Å². The molecule has 1 heterocycles. The molecule has 2 nitrogen and oxygen atoms in total. The van der Waals surface area contributed by atoms with E-state index in [0.29, 0.717) is 11.9 Å². The topological polar surface area (TPSA) is 20.3 Å². The Labute approximate surface area is 135 Å². The Morgan fingerprint density at radius 1 is 1.14 bits per heavy atom. The number of hydrogen-bond acceptors (Lipinski definition) is 2. The molecule has 1 aromatic heterocycles. The molecule has 4 rings (SSSR count). The lowest BCUT2D eigenvalue weighted by atomic mass is 9.82. The van der Waals surface area contributed by atoms with Gasteiger partial charge in [0, 0.05) is 10.9 Å². The summed E-state index contributed by atoms with van der Waals surface area (Å²) >= 11 is 1.75. The second-order valence-electron chi connectivity index (χ2n) is 6.42. The zero-order valence-corrected chi connectivity index (χ0v) is 13.5. The van der Waals surface area contributed by atoms with E-state index in [-0.39, 0.29) is 5.92 Å². The summed E-state index contributed by atoms with van der Waals surface area (Å²) in [6, 6.07) is 13.2. The van der Waals surface area contributed by atoms with Crippen LogP contribution in [-0.2, 0) is 17.8 Å². The first kappa shape index (κ1) is 14.0. The Morgan fingerprint density at radius 2 is 2.00 bits per heavy atom. The van der Waals surface area contributed by atoms with Crippen LogP contribution in [0.15, 0.2) is 41.8 Å². The van der Waals surface area contributed by atoms with E-state index in [1.165, 1.54) is 28.8 Å². The third-order valence-corrected chi connectivity index (χ3v) is 5.71. The smallest absolute Gasteiger partial charge is 0.230 e. The molecule has 2 aliphatic carbocycles. The van der Waals surface area contributed by atoms with Crippen molar-refractivity contribution in [3.8, 4) is 0 Å². The Morgan fingerprint density at radius 3 is 2.77 bits per heavy atom. The molecule has 1 fully saturated rings. The lowest BCUT2D eigenvalue weighted by Crippen LogP contribution is -2.37. The van der Waals surface area contributed by atoms with E-state index >= 15 is 0 Å². The number of thiophene rings is 1. The van der Waals surface area contributed by atoms with Crippen LogP contribution in [0.4, 0.5) is 0 Å². The number of carbonyl (C=O) groups excluding carboxylic acids is 1. The molecule has 1 amide bonds. The average molecular weight is 311 g/mol. The largest absolute Gasteiger partial charge is 0.334 e. The van der Waals surface area contributed by atoms with Crippen molar-refractivity contribution in [3.05, 3.63) is 57.8 Å². The average Bonchev–Trinajstić information content (AvgIpc) is 3.27. The molecule has 114 valence electrons. The minimum atomic E-state index is 0.0745. The summed E-state index contributed by atoms with van der Waals surface area (Å²) in [7, 11) is 0. The minimum absolute atomic E-state index is 0.0745. The van der Waals surface area contributed by atoms with Crippen molar-refractivity contribution < 1.29 is 4.79 Å². The van der Waals surface area contributed by atoms with E-state index in [4.69, 9.17) is 0 Å². The maximum absolute atomic E-state index is 13.2.